The van der Waals surface area contributed by atoms with Gasteiger partial charge in [-0.25, -0.2) is 13.8 Å². The van der Waals surface area contributed by atoms with Crippen molar-refractivity contribution in [2.45, 2.75) is 17.5 Å². The van der Waals surface area contributed by atoms with Gasteiger partial charge in [0.2, 0.25) is 0 Å². The van der Waals surface area contributed by atoms with Crippen molar-refractivity contribution in [1.82, 2.24) is 14.5 Å². The number of aromatic nitrogens is 2. The summed E-state index contributed by atoms with van der Waals surface area (Å²) >= 11 is 1.17. The van der Waals surface area contributed by atoms with Gasteiger partial charge < -0.3 is 4.74 Å². The van der Waals surface area contributed by atoms with Crippen LogP contribution in [0.25, 0.3) is 10.9 Å². The highest BCUT2D eigenvalue weighted by molar-refractivity contribution is 7.98. The molecule has 1 aliphatic heterocycles. The summed E-state index contributed by atoms with van der Waals surface area (Å²) in [5.41, 5.74) is 0.427. The molecule has 0 N–H and O–H groups in total. The average Bonchev–Trinajstić information content (AvgIpc) is 2.74. The third-order valence-corrected chi connectivity index (χ3v) is 5.98. The summed E-state index contributed by atoms with van der Waals surface area (Å²) in [7, 11) is 0. The molecule has 0 unspecified atom stereocenters. The summed E-state index contributed by atoms with van der Waals surface area (Å²) in [4.78, 5) is 19.9. The maximum absolute atomic E-state index is 14.0. The summed E-state index contributed by atoms with van der Waals surface area (Å²) in [5.74, 6) is -1.14. The Kier molecular flexibility index (Phi) is 6.22. The van der Waals surface area contributed by atoms with Crippen molar-refractivity contribution in [3.63, 3.8) is 0 Å². The molecule has 8 heteroatoms. The lowest BCUT2D eigenvalue weighted by atomic mass is 10.2. The lowest BCUT2D eigenvalue weighted by Crippen LogP contribution is -2.39. The quantitative estimate of drug-likeness (QED) is 0.455. The minimum atomic E-state index is -0.597. The molecule has 29 heavy (non-hydrogen) atoms. The van der Waals surface area contributed by atoms with E-state index in [-0.39, 0.29) is 16.9 Å². The molecule has 0 spiro atoms. The third-order valence-electron chi connectivity index (χ3n) is 4.98. The minimum Gasteiger partial charge on any atom is -0.379 e. The van der Waals surface area contributed by atoms with E-state index in [9.17, 15) is 13.6 Å². The molecule has 0 atom stereocenters. The van der Waals surface area contributed by atoms with Gasteiger partial charge in [0, 0.05) is 37.5 Å². The van der Waals surface area contributed by atoms with Gasteiger partial charge in [-0.15, -0.1) is 0 Å². The molecule has 0 saturated carbocycles. The van der Waals surface area contributed by atoms with Crippen molar-refractivity contribution in [3.8, 4) is 0 Å². The normalized spacial score (nSPS) is 15.1. The topological polar surface area (TPSA) is 47.4 Å². The molecule has 4 rings (SSSR count). The van der Waals surface area contributed by atoms with Gasteiger partial charge in [0.1, 0.15) is 11.6 Å². The van der Waals surface area contributed by atoms with Gasteiger partial charge in [0.25, 0.3) is 5.56 Å². The maximum Gasteiger partial charge on any atom is 0.262 e. The monoisotopic (exact) mass is 417 g/mol. The van der Waals surface area contributed by atoms with Gasteiger partial charge in [-0.1, -0.05) is 30.0 Å². The Labute approximate surface area is 171 Å². The SMILES string of the molecule is O=c1c2ccccc2nc(SCc2c(F)cccc2F)n1CCN1CCOCC1. The van der Waals surface area contributed by atoms with Crippen molar-refractivity contribution in [1.29, 1.82) is 0 Å². The van der Waals surface area contributed by atoms with Crippen LogP contribution in [0, 0.1) is 11.6 Å². The Balaban J connectivity index is 1.64. The Morgan fingerprint density at radius 1 is 1.00 bits per heavy atom. The van der Waals surface area contributed by atoms with E-state index in [1.807, 2.05) is 6.07 Å². The first-order chi connectivity index (χ1) is 14.1. The van der Waals surface area contributed by atoms with Crippen molar-refractivity contribution in [3.05, 3.63) is 70.0 Å². The van der Waals surface area contributed by atoms with Crippen LogP contribution in [0.4, 0.5) is 8.78 Å². The molecule has 1 aliphatic rings. The fourth-order valence-electron chi connectivity index (χ4n) is 3.33. The molecular formula is C21H21F2N3O2S. The fraction of sp³-hybridized carbons (Fsp3) is 0.333. The van der Waals surface area contributed by atoms with Gasteiger partial charge in [0.15, 0.2) is 5.16 Å². The summed E-state index contributed by atoms with van der Waals surface area (Å²) < 4.78 is 35.0. The molecular weight excluding hydrogens is 396 g/mol. The van der Waals surface area contributed by atoms with E-state index in [4.69, 9.17) is 4.74 Å². The van der Waals surface area contributed by atoms with Crippen LogP contribution < -0.4 is 5.56 Å². The number of benzene rings is 2. The molecule has 3 aromatic rings. The first-order valence-corrected chi connectivity index (χ1v) is 10.5. The van der Waals surface area contributed by atoms with E-state index in [0.29, 0.717) is 42.4 Å². The van der Waals surface area contributed by atoms with Crippen molar-refractivity contribution < 1.29 is 13.5 Å². The Hall–Kier alpha value is -2.29. The predicted molar refractivity (Wildman–Crippen MR) is 109 cm³/mol. The fourth-order valence-corrected chi connectivity index (χ4v) is 4.37. The summed E-state index contributed by atoms with van der Waals surface area (Å²) in [6.45, 7) is 4.14. The van der Waals surface area contributed by atoms with E-state index >= 15 is 0 Å². The number of nitrogens with zero attached hydrogens (tertiary/aromatic N) is 3. The Morgan fingerprint density at radius 2 is 1.72 bits per heavy atom. The number of thioether (sulfide) groups is 1. The molecule has 1 aromatic heterocycles. The second kappa shape index (κ2) is 9.02. The van der Waals surface area contributed by atoms with Crippen molar-refractivity contribution >= 4 is 22.7 Å². The average molecular weight is 417 g/mol. The van der Waals surface area contributed by atoms with E-state index in [2.05, 4.69) is 9.88 Å². The Bertz CT molecular complexity index is 1050. The van der Waals surface area contributed by atoms with Gasteiger partial charge in [-0.2, -0.15) is 0 Å². The van der Waals surface area contributed by atoms with E-state index < -0.39 is 11.6 Å². The molecule has 0 amide bonds. The first kappa shape index (κ1) is 20.0. The van der Waals surface area contributed by atoms with Crippen LogP contribution in [0.2, 0.25) is 0 Å². The van der Waals surface area contributed by atoms with Crippen LogP contribution in [0.3, 0.4) is 0 Å². The van der Waals surface area contributed by atoms with Crippen molar-refractivity contribution in [2.24, 2.45) is 0 Å². The highest BCUT2D eigenvalue weighted by atomic mass is 32.2. The maximum atomic E-state index is 14.0. The standard InChI is InChI=1S/C21H21F2N3O2S/c22-17-5-3-6-18(23)16(17)14-29-21-24-19-7-2-1-4-15(19)20(27)26(21)9-8-25-10-12-28-13-11-25/h1-7H,8-14H2. The van der Waals surface area contributed by atoms with Crippen LogP contribution in [0.15, 0.2) is 52.4 Å². The van der Waals surface area contributed by atoms with Crippen LogP contribution in [-0.2, 0) is 17.0 Å². The van der Waals surface area contributed by atoms with Gasteiger partial charge in [-0.3, -0.25) is 14.3 Å². The molecule has 5 nitrogen and oxygen atoms in total. The van der Waals surface area contributed by atoms with Crippen LogP contribution >= 0.6 is 11.8 Å². The number of fused-ring (bicyclic) bond motifs is 1. The highest BCUT2D eigenvalue weighted by Gasteiger charge is 2.16. The van der Waals surface area contributed by atoms with Crippen LogP contribution in [-0.4, -0.2) is 47.3 Å². The summed E-state index contributed by atoms with van der Waals surface area (Å²) in [6, 6.07) is 11.0. The smallest absolute Gasteiger partial charge is 0.262 e. The predicted octanol–water partition coefficient (Wildman–Crippen LogP) is 3.30. The van der Waals surface area contributed by atoms with E-state index in [0.717, 1.165) is 13.1 Å². The van der Waals surface area contributed by atoms with Gasteiger partial charge in [0.05, 0.1) is 24.1 Å². The largest absolute Gasteiger partial charge is 0.379 e. The van der Waals surface area contributed by atoms with Crippen LogP contribution in [0.5, 0.6) is 0 Å². The number of ether oxygens (including phenoxy) is 1. The number of hydrogen-bond acceptors (Lipinski definition) is 5. The van der Waals surface area contributed by atoms with Crippen molar-refractivity contribution in [2.75, 3.05) is 32.8 Å². The first-order valence-electron chi connectivity index (χ1n) is 9.49. The summed E-state index contributed by atoms with van der Waals surface area (Å²) in [6.07, 6.45) is 0. The molecule has 152 valence electrons. The van der Waals surface area contributed by atoms with Gasteiger partial charge in [-0.05, 0) is 24.3 Å². The second-order valence-corrected chi connectivity index (χ2v) is 7.75. The van der Waals surface area contributed by atoms with Gasteiger partial charge >= 0.3 is 0 Å². The van der Waals surface area contributed by atoms with E-state index in [1.54, 1.807) is 22.8 Å². The zero-order chi connectivity index (χ0) is 20.2. The molecule has 0 radical (unpaired) electrons. The molecule has 0 aliphatic carbocycles. The zero-order valence-electron chi connectivity index (χ0n) is 15.8. The molecule has 2 heterocycles. The lowest BCUT2D eigenvalue weighted by Gasteiger charge is -2.27. The molecule has 1 saturated heterocycles. The minimum absolute atomic E-state index is 0.0142. The second-order valence-electron chi connectivity index (χ2n) is 6.81. The number of morpholine rings is 1. The molecule has 2 aromatic carbocycles. The lowest BCUT2D eigenvalue weighted by molar-refractivity contribution is 0.0359. The Morgan fingerprint density at radius 3 is 2.48 bits per heavy atom. The molecule has 1 fully saturated rings. The number of halogens is 2. The third kappa shape index (κ3) is 4.49. The number of rotatable bonds is 6. The molecule has 0 bridgehead atoms. The van der Waals surface area contributed by atoms with Crippen LogP contribution in [0.1, 0.15) is 5.56 Å². The summed E-state index contributed by atoms with van der Waals surface area (Å²) in [5, 5.41) is 1.00. The zero-order valence-corrected chi connectivity index (χ0v) is 16.6. The highest BCUT2D eigenvalue weighted by Crippen LogP contribution is 2.25. The van der Waals surface area contributed by atoms with E-state index in [1.165, 1.54) is 30.0 Å². The number of hydrogen-bond donors (Lipinski definition) is 0. The number of para-hydroxylation sites is 1.